The quantitative estimate of drug-likeness (QED) is 0.586. The fourth-order valence-corrected chi connectivity index (χ4v) is 2.20. The normalized spacial score (nSPS) is 10.8. The molecule has 0 spiro atoms. The van der Waals surface area contributed by atoms with Gasteiger partial charge in [-0.15, -0.1) is 0 Å². The largest absolute Gasteiger partial charge is 0.369 e. The van der Waals surface area contributed by atoms with Crippen molar-refractivity contribution in [3.8, 4) is 0 Å². The maximum Gasteiger partial charge on any atom is 0.315 e. The summed E-state index contributed by atoms with van der Waals surface area (Å²) < 4.78 is 12.9. The zero-order valence-electron chi connectivity index (χ0n) is 15.7. The monoisotopic (exact) mass is 386 g/mol. The number of primary amides is 1. The average molecular weight is 386 g/mol. The molecule has 0 radical (unpaired) electrons. The van der Waals surface area contributed by atoms with Crippen LogP contribution in [0, 0.1) is 11.2 Å². The molecule has 0 aliphatic carbocycles. The highest BCUT2D eigenvalue weighted by atomic mass is 19.1. The molecule has 2 rings (SSSR count). The summed E-state index contributed by atoms with van der Waals surface area (Å²) in [6, 6.07) is 11.8. The first-order valence-corrected chi connectivity index (χ1v) is 8.65. The molecule has 2 aromatic carbocycles. The Bertz CT molecular complexity index is 866. The van der Waals surface area contributed by atoms with E-state index in [0.717, 1.165) is 5.56 Å². The number of hydrogen-bond donors (Lipinski definition) is 4. The van der Waals surface area contributed by atoms with Crippen molar-refractivity contribution < 1.29 is 18.8 Å². The predicted molar refractivity (Wildman–Crippen MR) is 104 cm³/mol. The summed E-state index contributed by atoms with van der Waals surface area (Å²) in [6.07, 6.45) is 0. The lowest BCUT2D eigenvalue weighted by molar-refractivity contribution is -0.125. The third-order valence-electron chi connectivity index (χ3n) is 4.10. The molecule has 0 fully saturated rings. The summed E-state index contributed by atoms with van der Waals surface area (Å²) in [4.78, 5) is 35.3. The van der Waals surface area contributed by atoms with Gasteiger partial charge in [0, 0.05) is 24.3 Å². The second-order valence-electron chi connectivity index (χ2n) is 6.95. The summed E-state index contributed by atoms with van der Waals surface area (Å²) in [7, 11) is 0. The lowest BCUT2D eigenvalue weighted by Crippen LogP contribution is -2.45. The van der Waals surface area contributed by atoms with Crippen molar-refractivity contribution in [3.05, 3.63) is 65.5 Å². The Morgan fingerprint density at radius 2 is 1.71 bits per heavy atom. The van der Waals surface area contributed by atoms with Gasteiger partial charge in [0.25, 0.3) is 5.91 Å². The van der Waals surface area contributed by atoms with Gasteiger partial charge < -0.3 is 21.7 Å². The number of nitrogens with one attached hydrogen (secondary N) is 3. The molecule has 148 valence electrons. The number of rotatable bonds is 7. The molecule has 0 bridgehead atoms. The molecule has 4 amide bonds. The van der Waals surface area contributed by atoms with Crippen LogP contribution in [0.4, 0.5) is 14.9 Å². The molecule has 7 nitrogen and oxygen atoms in total. The second kappa shape index (κ2) is 8.98. The van der Waals surface area contributed by atoms with Gasteiger partial charge in [-0.1, -0.05) is 12.1 Å². The summed E-state index contributed by atoms with van der Waals surface area (Å²) in [5.41, 5.74) is 6.06. The van der Waals surface area contributed by atoms with Crippen molar-refractivity contribution in [2.24, 2.45) is 11.1 Å². The minimum Gasteiger partial charge on any atom is -0.369 e. The van der Waals surface area contributed by atoms with Gasteiger partial charge in [0.05, 0.1) is 5.41 Å². The van der Waals surface area contributed by atoms with E-state index in [1.165, 1.54) is 24.3 Å². The lowest BCUT2D eigenvalue weighted by Gasteiger charge is -2.20. The van der Waals surface area contributed by atoms with E-state index in [1.807, 2.05) is 0 Å². The van der Waals surface area contributed by atoms with Crippen molar-refractivity contribution in [2.75, 3.05) is 11.9 Å². The first kappa shape index (κ1) is 20.9. The highest BCUT2D eigenvalue weighted by molar-refractivity contribution is 6.04. The minimum absolute atomic E-state index is 0.113. The third kappa shape index (κ3) is 6.08. The van der Waals surface area contributed by atoms with Crippen molar-refractivity contribution in [1.29, 1.82) is 0 Å². The van der Waals surface area contributed by atoms with Gasteiger partial charge in [-0.2, -0.15) is 0 Å². The van der Waals surface area contributed by atoms with Crippen LogP contribution in [0.15, 0.2) is 48.5 Å². The molecule has 5 N–H and O–H groups in total. The molecular formula is C20H23FN4O3. The summed E-state index contributed by atoms with van der Waals surface area (Å²) >= 11 is 0. The number of benzene rings is 2. The molecule has 0 heterocycles. The van der Waals surface area contributed by atoms with Gasteiger partial charge >= 0.3 is 6.03 Å². The molecule has 8 heteroatoms. The van der Waals surface area contributed by atoms with Crippen LogP contribution in [0.5, 0.6) is 0 Å². The van der Waals surface area contributed by atoms with Crippen molar-refractivity contribution in [3.63, 3.8) is 0 Å². The maximum atomic E-state index is 12.9. The van der Waals surface area contributed by atoms with Gasteiger partial charge in [-0.05, 0) is 55.8 Å². The van der Waals surface area contributed by atoms with Crippen molar-refractivity contribution >= 4 is 23.5 Å². The molecule has 0 aliphatic rings. The minimum atomic E-state index is -0.845. The number of urea groups is 1. The first-order chi connectivity index (χ1) is 13.2. The van der Waals surface area contributed by atoms with Crippen LogP contribution in [-0.2, 0) is 11.3 Å². The van der Waals surface area contributed by atoms with E-state index >= 15 is 0 Å². The molecule has 28 heavy (non-hydrogen) atoms. The molecule has 0 aliphatic heterocycles. The Balaban J connectivity index is 1.89. The molecule has 0 saturated heterocycles. The lowest BCUT2D eigenvalue weighted by atomic mass is 9.93. The zero-order valence-corrected chi connectivity index (χ0v) is 15.7. The Morgan fingerprint density at radius 3 is 2.36 bits per heavy atom. The molecule has 0 atom stereocenters. The smallest absolute Gasteiger partial charge is 0.315 e. The van der Waals surface area contributed by atoms with Gasteiger partial charge in [-0.25, -0.2) is 9.18 Å². The molecule has 0 saturated carbocycles. The van der Waals surface area contributed by atoms with Gasteiger partial charge in [0.1, 0.15) is 5.82 Å². The number of nitrogens with two attached hydrogens (primary N) is 1. The Kier molecular flexibility index (Phi) is 6.70. The topological polar surface area (TPSA) is 113 Å². The van der Waals surface area contributed by atoms with Crippen LogP contribution in [0.3, 0.4) is 0 Å². The van der Waals surface area contributed by atoms with E-state index in [1.54, 1.807) is 38.1 Å². The van der Waals surface area contributed by atoms with Crippen molar-refractivity contribution in [1.82, 2.24) is 10.6 Å². The van der Waals surface area contributed by atoms with E-state index in [0.29, 0.717) is 11.3 Å². The highest BCUT2D eigenvalue weighted by Crippen LogP contribution is 2.13. The van der Waals surface area contributed by atoms with Crippen LogP contribution in [-0.4, -0.2) is 24.4 Å². The zero-order chi connectivity index (χ0) is 20.7. The SMILES string of the molecule is CC(C)(CNC(=O)NCc1cccc(NC(=O)c2ccc(F)cc2)c1)C(N)=O. The maximum absolute atomic E-state index is 12.9. The van der Waals surface area contributed by atoms with E-state index in [2.05, 4.69) is 16.0 Å². The molecule has 0 unspecified atom stereocenters. The van der Waals surface area contributed by atoms with Crippen LogP contribution in [0.2, 0.25) is 0 Å². The van der Waals surface area contributed by atoms with E-state index < -0.39 is 23.2 Å². The van der Waals surface area contributed by atoms with Crippen molar-refractivity contribution in [2.45, 2.75) is 20.4 Å². The van der Waals surface area contributed by atoms with Crippen LogP contribution in [0.25, 0.3) is 0 Å². The standard InChI is InChI=1S/C20H23FN4O3/c1-20(2,18(22)27)12-24-19(28)23-11-13-4-3-5-16(10-13)25-17(26)14-6-8-15(21)9-7-14/h3-10H,11-12H2,1-2H3,(H2,22,27)(H,25,26)(H2,23,24,28). The van der Waals surface area contributed by atoms with E-state index in [9.17, 15) is 18.8 Å². The van der Waals surface area contributed by atoms with Gasteiger partial charge in [0.2, 0.25) is 5.91 Å². The molecule has 2 aromatic rings. The summed E-state index contributed by atoms with van der Waals surface area (Å²) in [6.45, 7) is 3.62. The fourth-order valence-electron chi connectivity index (χ4n) is 2.20. The number of carbonyl (C=O) groups is 3. The second-order valence-corrected chi connectivity index (χ2v) is 6.95. The third-order valence-corrected chi connectivity index (χ3v) is 4.10. The Labute approximate surface area is 162 Å². The first-order valence-electron chi connectivity index (χ1n) is 8.65. The fraction of sp³-hybridized carbons (Fsp3) is 0.250. The van der Waals surface area contributed by atoms with Crippen LogP contribution >= 0.6 is 0 Å². The average Bonchev–Trinajstić information content (AvgIpc) is 2.65. The number of hydrogen-bond acceptors (Lipinski definition) is 3. The van der Waals surface area contributed by atoms with E-state index in [4.69, 9.17) is 5.73 Å². The number of anilines is 1. The van der Waals surface area contributed by atoms with Crippen LogP contribution < -0.4 is 21.7 Å². The van der Waals surface area contributed by atoms with E-state index in [-0.39, 0.29) is 19.0 Å². The predicted octanol–water partition coefficient (Wildman–Crippen LogP) is 2.39. The number of amides is 4. The molecular weight excluding hydrogens is 363 g/mol. The Hall–Kier alpha value is -3.42. The summed E-state index contributed by atoms with van der Waals surface area (Å²) in [5.74, 6) is -1.28. The van der Waals surface area contributed by atoms with Gasteiger partial charge in [-0.3, -0.25) is 9.59 Å². The summed E-state index contributed by atoms with van der Waals surface area (Å²) in [5, 5.41) is 7.99. The van der Waals surface area contributed by atoms with Gasteiger partial charge in [0.15, 0.2) is 0 Å². The molecule has 0 aromatic heterocycles. The number of carbonyl (C=O) groups excluding carboxylic acids is 3. The van der Waals surface area contributed by atoms with Crippen LogP contribution in [0.1, 0.15) is 29.8 Å². The number of halogens is 1. The Morgan fingerprint density at radius 1 is 1.04 bits per heavy atom. The highest BCUT2D eigenvalue weighted by Gasteiger charge is 2.25.